The van der Waals surface area contributed by atoms with E-state index in [0.29, 0.717) is 11.7 Å². The van der Waals surface area contributed by atoms with Gasteiger partial charge in [0.2, 0.25) is 0 Å². The number of likely N-dealkylation sites (tertiary alicyclic amines) is 1. The molecule has 1 aliphatic heterocycles. The van der Waals surface area contributed by atoms with Crippen LogP contribution in [0.2, 0.25) is 0 Å². The molecule has 1 saturated heterocycles. The van der Waals surface area contributed by atoms with Gasteiger partial charge in [0.05, 0.1) is 17.6 Å². The number of hydrogen-bond acceptors (Lipinski definition) is 4. The van der Waals surface area contributed by atoms with Crippen molar-refractivity contribution in [1.29, 1.82) is 0 Å². The first-order chi connectivity index (χ1) is 8.29. The van der Waals surface area contributed by atoms with Crippen molar-refractivity contribution >= 4 is 22.5 Å². The highest BCUT2D eigenvalue weighted by Crippen LogP contribution is 2.18. The van der Waals surface area contributed by atoms with Crippen LogP contribution in [-0.2, 0) is 0 Å². The topological polar surface area (TPSA) is 71.2 Å². The van der Waals surface area contributed by atoms with Gasteiger partial charge < -0.3 is 10.6 Å². The minimum Gasteiger partial charge on any atom is -0.324 e. The Morgan fingerprint density at radius 1 is 1.59 bits per heavy atom. The van der Waals surface area contributed by atoms with Gasteiger partial charge in [-0.15, -0.1) is 0 Å². The zero-order chi connectivity index (χ0) is 12.1. The molecule has 1 fully saturated rings. The molecule has 6 heteroatoms. The van der Waals surface area contributed by atoms with Gasteiger partial charge in [-0.3, -0.25) is 5.32 Å². The van der Waals surface area contributed by atoms with E-state index in [1.165, 1.54) is 11.3 Å². The van der Waals surface area contributed by atoms with Crippen LogP contribution in [0.25, 0.3) is 0 Å². The van der Waals surface area contributed by atoms with E-state index in [2.05, 4.69) is 22.1 Å². The lowest BCUT2D eigenvalue weighted by molar-refractivity contribution is 0.222. The van der Waals surface area contributed by atoms with E-state index < -0.39 is 0 Å². The van der Waals surface area contributed by atoms with Crippen molar-refractivity contribution < 1.29 is 4.79 Å². The average molecular weight is 250 g/mol. The zero-order valence-electron chi connectivity index (χ0n) is 9.40. The lowest BCUT2D eigenvalue weighted by Gasteiger charge is -2.14. The highest BCUT2D eigenvalue weighted by Gasteiger charge is 2.18. The van der Waals surface area contributed by atoms with Gasteiger partial charge in [-0.2, -0.15) is 0 Å². The molecule has 0 spiro atoms. The van der Waals surface area contributed by atoms with Crippen molar-refractivity contribution in [2.24, 2.45) is 5.73 Å². The molecular formula is C11H14N4OS. The number of anilines is 1. The Balaban J connectivity index is 1.94. The number of aromatic nitrogens is 1. The Morgan fingerprint density at radius 3 is 3.06 bits per heavy atom. The number of nitrogens with zero attached hydrogens (tertiary/aromatic N) is 2. The van der Waals surface area contributed by atoms with Gasteiger partial charge in [0.25, 0.3) is 0 Å². The van der Waals surface area contributed by atoms with E-state index in [4.69, 9.17) is 5.73 Å². The van der Waals surface area contributed by atoms with E-state index in [1.807, 2.05) is 0 Å². The maximum Gasteiger partial charge on any atom is 0.323 e. The molecule has 1 aromatic rings. The molecule has 0 atom stereocenters. The normalized spacial score (nSPS) is 14.3. The highest BCUT2D eigenvalue weighted by atomic mass is 32.1. The maximum absolute atomic E-state index is 11.8. The van der Waals surface area contributed by atoms with E-state index in [1.54, 1.807) is 11.1 Å². The van der Waals surface area contributed by atoms with Crippen molar-refractivity contribution in [3.63, 3.8) is 0 Å². The molecular weight excluding hydrogens is 236 g/mol. The molecule has 90 valence electrons. The van der Waals surface area contributed by atoms with Gasteiger partial charge in [-0.05, 0) is 12.8 Å². The van der Waals surface area contributed by atoms with Gasteiger partial charge >= 0.3 is 6.03 Å². The number of urea groups is 1. The van der Waals surface area contributed by atoms with Crippen LogP contribution >= 0.6 is 11.3 Å². The van der Waals surface area contributed by atoms with Gasteiger partial charge in [0.15, 0.2) is 5.13 Å². The third-order valence-corrected chi connectivity index (χ3v) is 3.25. The Kier molecular flexibility index (Phi) is 3.96. The molecule has 5 nitrogen and oxygen atoms in total. The number of hydrogen-bond donors (Lipinski definition) is 2. The SMILES string of the molecule is NCC#Cc1cnc(NC(=O)N2CCCC2)s1. The summed E-state index contributed by atoms with van der Waals surface area (Å²) in [6.07, 6.45) is 3.81. The standard InChI is InChI=1S/C11H14N4OS/c12-5-3-4-9-8-13-10(17-9)14-11(16)15-6-1-2-7-15/h8H,1-2,5-7,12H2,(H,13,14,16). The Bertz CT molecular complexity index is 454. The smallest absolute Gasteiger partial charge is 0.323 e. The first kappa shape index (κ1) is 11.9. The minimum absolute atomic E-state index is 0.0739. The van der Waals surface area contributed by atoms with Crippen LogP contribution in [0.1, 0.15) is 17.7 Å². The Hall–Kier alpha value is -1.58. The lowest BCUT2D eigenvalue weighted by atomic mass is 10.4. The molecule has 0 unspecified atom stereocenters. The van der Waals surface area contributed by atoms with Crippen molar-refractivity contribution in [3.05, 3.63) is 11.1 Å². The number of rotatable bonds is 1. The molecule has 2 rings (SSSR count). The summed E-state index contributed by atoms with van der Waals surface area (Å²) < 4.78 is 0. The second-order valence-corrected chi connectivity index (χ2v) is 4.69. The monoisotopic (exact) mass is 250 g/mol. The van der Waals surface area contributed by atoms with Crippen LogP contribution in [0.15, 0.2) is 6.20 Å². The third kappa shape index (κ3) is 3.19. The van der Waals surface area contributed by atoms with Gasteiger partial charge in [0.1, 0.15) is 0 Å². The summed E-state index contributed by atoms with van der Waals surface area (Å²) in [7, 11) is 0. The van der Waals surface area contributed by atoms with Crippen LogP contribution in [0.5, 0.6) is 0 Å². The number of carbonyl (C=O) groups is 1. The van der Waals surface area contributed by atoms with Crippen molar-refractivity contribution in [1.82, 2.24) is 9.88 Å². The fourth-order valence-corrected chi connectivity index (χ4v) is 2.30. The van der Waals surface area contributed by atoms with Crippen LogP contribution in [-0.4, -0.2) is 35.5 Å². The number of carbonyl (C=O) groups excluding carboxylic acids is 1. The summed E-state index contributed by atoms with van der Waals surface area (Å²) in [4.78, 5) is 18.5. The molecule has 2 amide bonds. The lowest BCUT2D eigenvalue weighted by Crippen LogP contribution is -2.32. The summed E-state index contributed by atoms with van der Waals surface area (Å²) in [6, 6.07) is -0.0739. The number of nitrogens with two attached hydrogens (primary N) is 1. The molecule has 0 aliphatic carbocycles. The van der Waals surface area contributed by atoms with Crippen LogP contribution in [0.4, 0.5) is 9.93 Å². The largest absolute Gasteiger partial charge is 0.324 e. The van der Waals surface area contributed by atoms with Crippen molar-refractivity contribution in [3.8, 4) is 11.8 Å². The van der Waals surface area contributed by atoms with E-state index in [-0.39, 0.29) is 6.03 Å². The van der Waals surface area contributed by atoms with E-state index >= 15 is 0 Å². The van der Waals surface area contributed by atoms with Gasteiger partial charge in [-0.1, -0.05) is 23.2 Å². The van der Waals surface area contributed by atoms with Crippen LogP contribution in [0, 0.1) is 11.8 Å². The minimum atomic E-state index is -0.0739. The molecule has 2 heterocycles. The highest BCUT2D eigenvalue weighted by molar-refractivity contribution is 7.16. The number of amides is 2. The van der Waals surface area contributed by atoms with E-state index in [9.17, 15) is 4.79 Å². The van der Waals surface area contributed by atoms with Crippen LogP contribution < -0.4 is 11.1 Å². The molecule has 3 N–H and O–H groups in total. The summed E-state index contributed by atoms with van der Waals surface area (Å²) in [5.41, 5.74) is 5.28. The fraction of sp³-hybridized carbons (Fsp3) is 0.455. The summed E-state index contributed by atoms with van der Waals surface area (Å²) in [5.74, 6) is 5.63. The second kappa shape index (κ2) is 5.66. The molecule has 0 bridgehead atoms. The summed E-state index contributed by atoms with van der Waals surface area (Å²) in [6.45, 7) is 1.99. The molecule has 1 aliphatic rings. The first-order valence-electron chi connectivity index (χ1n) is 5.50. The summed E-state index contributed by atoms with van der Waals surface area (Å²) in [5, 5.41) is 3.36. The van der Waals surface area contributed by atoms with Gasteiger partial charge in [-0.25, -0.2) is 9.78 Å². The zero-order valence-corrected chi connectivity index (χ0v) is 10.2. The Morgan fingerprint density at radius 2 is 2.35 bits per heavy atom. The van der Waals surface area contributed by atoms with Crippen LogP contribution in [0.3, 0.4) is 0 Å². The third-order valence-electron chi connectivity index (χ3n) is 2.43. The molecule has 1 aromatic heterocycles. The van der Waals surface area contributed by atoms with E-state index in [0.717, 1.165) is 30.8 Å². The predicted molar refractivity (Wildman–Crippen MR) is 67.9 cm³/mol. The molecule has 0 aromatic carbocycles. The quantitative estimate of drug-likeness (QED) is 0.733. The molecule has 0 radical (unpaired) electrons. The predicted octanol–water partition coefficient (Wildman–Crippen LogP) is 1.08. The van der Waals surface area contributed by atoms with Crippen molar-refractivity contribution in [2.45, 2.75) is 12.8 Å². The number of nitrogens with one attached hydrogen (secondary N) is 1. The fourth-order valence-electron chi connectivity index (χ4n) is 1.62. The van der Waals surface area contributed by atoms with Crippen molar-refractivity contribution in [2.75, 3.05) is 25.0 Å². The summed E-state index contributed by atoms with van der Waals surface area (Å²) >= 11 is 1.36. The first-order valence-corrected chi connectivity index (χ1v) is 6.32. The Labute approximate surface area is 104 Å². The number of thiazole rings is 1. The molecule has 17 heavy (non-hydrogen) atoms. The average Bonchev–Trinajstić information content (AvgIpc) is 2.97. The second-order valence-electron chi connectivity index (χ2n) is 3.66. The van der Waals surface area contributed by atoms with Gasteiger partial charge in [0, 0.05) is 13.1 Å². The molecule has 0 saturated carbocycles. The maximum atomic E-state index is 11.8.